The summed E-state index contributed by atoms with van der Waals surface area (Å²) >= 11 is 6.01. The van der Waals surface area contributed by atoms with Crippen molar-refractivity contribution in [2.75, 3.05) is 32.6 Å². The third kappa shape index (κ3) is 5.73. The quantitative estimate of drug-likeness (QED) is 0.819. The number of anilines is 1. The molecular weight excluding hydrogens is 292 g/mol. The Morgan fingerprint density at radius 3 is 2.67 bits per heavy atom. The molecule has 1 aromatic carbocycles. The van der Waals surface area contributed by atoms with E-state index >= 15 is 0 Å². The van der Waals surface area contributed by atoms with Gasteiger partial charge in [0.15, 0.2) is 0 Å². The van der Waals surface area contributed by atoms with Gasteiger partial charge in [0.2, 0.25) is 5.91 Å². The van der Waals surface area contributed by atoms with Crippen LogP contribution in [0.4, 0.5) is 5.69 Å². The molecular formula is C15H21ClN2O3. The summed E-state index contributed by atoms with van der Waals surface area (Å²) in [4.78, 5) is 25.0. The Bertz CT molecular complexity index is 520. The van der Waals surface area contributed by atoms with Crippen LogP contribution in [0.25, 0.3) is 0 Å². The second-order valence-electron chi connectivity index (χ2n) is 5.13. The molecule has 1 rings (SSSR count). The number of carbonyl (C=O) groups excluding carboxylic acids is 2. The highest BCUT2D eigenvalue weighted by molar-refractivity contribution is 6.31. The van der Waals surface area contributed by atoms with Crippen molar-refractivity contribution in [3.63, 3.8) is 0 Å². The van der Waals surface area contributed by atoms with Crippen LogP contribution in [0, 0.1) is 12.8 Å². The van der Waals surface area contributed by atoms with E-state index in [2.05, 4.69) is 10.1 Å². The van der Waals surface area contributed by atoms with Crippen LogP contribution in [0.5, 0.6) is 0 Å². The fourth-order valence-corrected chi connectivity index (χ4v) is 2.10. The Morgan fingerprint density at radius 1 is 1.43 bits per heavy atom. The maximum absolute atomic E-state index is 11.9. The zero-order valence-electron chi connectivity index (χ0n) is 12.8. The molecule has 21 heavy (non-hydrogen) atoms. The van der Waals surface area contributed by atoms with Crippen LogP contribution in [0.1, 0.15) is 12.5 Å². The molecule has 1 unspecified atom stereocenters. The molecule has 1 aromatic rings. The van der Waals surface area contributed by atoms with Crippen LogP contribution in [0.2, 0.25) is 5.02 Å². The van der Waals surface area contributed by atoms with Crippen LogP contribution >= 0.6 is 11.6 Å². The highest BCUT2D eigenvalue weighted by Crippen LogP contribution is 2.19. The van der Waals surface area contributed by atoms with Crippen molar-refractivity contribution in [1.82, 2.24) is 4.90 Å². The van der Waals surface area contributed by atoms with Crippen molar-refractivity contribution >= 4 is 29.2 Å². The number of nitrogens with one attached hydrogen (secondary N) is 1. The first-order chi connectivity index (χ1) is 9.83. The largest absolute Gasteiger partial charge is 0.469 e. The van der Waals surface area contributed by atoms with Gasteiger partial charge in [0.1, 0.15) is 0 Å². The summed E-state index contributed by atoms with van der Waals surface area (Å²) in [5.74, 6) is -0.719. The van der Waals surface area contributed by atoms with E-state index in [1.807, 2.05) is 13.0 Å². The van der Waals surface area contributed by atoms with Crippen molar-refractivity contribution in [2.24, 2.45) is 5.92 Å². The lowest BCUT2D eigenvalue weighted by Crippen LogP contribution is -2.35. The number of nitrogens with zero attached hydrogens (tertiary/aromatic N) is 1. The van der Waals surface area contributed by atoms with Crippen LogP contribution in [-0.2, 0) is 14.3 Å². The van der Waals surface area contributed by atoms with E-state index in [1.165, 1.54) is 7.11 Å². The Hall–Kier alpha value is -1.59. The average molecular weight is 313 g/mol. The second kappa shape index (κ2) is 8.00. The first kappa shape index (κ1) is 17.5. The van der Waals surface area contributed by atoms with E-state index < -0.39 is 0 Å². The van der Waals surface area contributed by atoms with Crippen LogP contribution in [0.15, 0.2) is 18.2 Å². The minimum Gasteiger partial charge on any atom is -0.469 e. The molecule has 0 heterocycles. The van der Waals surface area contributed by atoms with E-state index in [9.17, 15) is 9.59 Å². The van der Waals surface area contributed by atoms with Gasteiger partial charge in [-0.2, -0.15) is 0 Å². The summed E-state index contributed by atoms with van der Waals surface area (Å²) in [6.45, 7) is 4.30. The average Bonchev–Trinajstić information content (AvgIpc) is 2.41. The summed E-state index contributed by atoms with van der Waals surface area (Å²) in [6, 6.07) is 5.36. The molecule has 0 aliphatic rings. The van der Waals surface area contributed by atoms with Gasteiger partial charge in [-0.1, -0.05) is 24.6 Å². The number of methoxy groups -OCH3 is 1. The number of hydrogen-bond acceptors (Lipinski definition) is 4. The number of halogens is 1. The maximum atomic E-state index is 11.9. The maximum Gasteiger partial charge on any atom is 0.309 e. The van der Waals surface area contributed by atoms with E-state index in [1.54, 1.807) is 31.0 Å². The van der Waals surface area contributed by atoms with Crippen molar-refractivity contribution in [3.05, 3.63) is 28.8 Å². The molecule has 116 valence electrons. The van der Waals surface area contributed by atoms with Crippen molar-refractivity contribution < 1.29 is 14.3 Å². The first-order valence-electron chi connectivity index (χ1n) is 6.66. The molecule has 1 amide bonds. The number of likely N-dealkylation sites (N-methyl/N-ethyl adjacent to an activating group) is 1. The zero-order chi connectivity index (χ0) is 16.0. The molecule has 0 spiro atoms. The molecule has 0 saturated heterocycles. The van der Waals surface area contributed by atoms with Gasteiger partial charge < -0.3 is 10.1 Å². The Kier molecular flexibility index (Phi) is 6.65. The Balaban J connectivity index is 2.49. The predicted molar refractivity (Wildman–Crippen MR) is 83.5 cm³/mol. The van der Waals surface area contributed by atoms with E-state index in [0.29, 0.717) is 17.3 Å². The molecule has 0 radical (unpaired) electrons. The number of rotatable bonds is 6. The Labute approximate surface area is 130 Å². The normalized spacial score (nSPS) is 12.1. The molecule has 0 aliphatic heterocycles. The molecule has 1 N–H and O–H groups in total. The van der Waals surface area contributed by atoms with Gasteiger partial charge in [0.05, 0.1) is 19.6 Å². The van der Waals surface area contributed by atoms with Gasteiger partial charge in [0, 0.05) is 17.3 Å². The molecule has 5 nitrogen and oxygen atoms in total. The molecule has 0 fully saturated rings. The fourth-order valence-electron chi connectivity index (χ4n) is 1.92. The topological polar surface area (TPSA) is 58.6 Å². The minimum atomic E-state index is -0.285. The highest BCUT2D eigenvalue weighted by Gasteiger charge is 2.17. The fraction of sp³-hybridized carbons (Fsp3) is 0.467. The van der Waals surface area contributed by atoms with Crippen LogP contribution < -0.4 is 5.32 Å². The standard InChI is InChI=1S/C15H21ClN2O3/c1-10-5-6-12(7-13(10)16)17-14(19)9-18(3)8-11(2)15(20)21-4/h5-7,11H,8-9H2,1-4H3,(H,17,19). The van der Waals surface area contributed by atoms with Gasteiger partial charge in [0.25, 0.3) is 0 Å². The molecule has 0 saturated carbocycles. The lowest BCUT2D eigenvalue weighted by molar-refractivity contribution is -0.145. The lowest BCUT2D eigenvalue weighted by atomic mass is 10.2. The van der Waals surface area contributed by atoms with Gasteiger partial charge in [-0.15, -0.1) is 0 Å². The van der Waals surface area contributed by atoms with E-state index in [0.717, 1.165) is 5.56 Å². The molecule has 0 bridgehead atoms. The van der Waals surface area contributed by atoms with Gasteiger partial charge in [-0.05, 0) is 31.7 Å². The SMILES string of the molecule is COC(=O)C(C)CN(C)CC(=O)Nc1ccc(C)c(Cl)c1. The number of esters is 1. The molecule has 0 aromatic heterocycles. The number of carbonyl (C=O) groups is 2. The number of hydrogen-bond donors (Lipinski definition) is 1. The summed E-state index contributed by atoms with van der Waals surface area (Å²) in [6.07, 6.45) is 0. The summed E-state index contributed by atoms with van der Waals surface area (Å²) in [5, 5.41) is 3.39. The van der Waals surface area contributed by atoms with Crippen molar-refractivity contribution in [3.8, 4) is 0 Å². The lowest BCUT2D eigenvalue weighted by Gasteiger charge is -2.19. The zero-order valence-corrected chi connectivity index (χ0v) is 13.5. The summed E-state index contributed by atoms with van der Waals surface area (Å²) in [5.41, 5.74) is 1.61. The monoisotopic (exact) mass is 312 g/mol. The smallest absolute Gasteiger partial charge is 0.309 e. The third-order valence-electron chi connectivity index (χ3n) is 3.06. The molecule has 6 heteroatoms. The van der Waals surface area contributed by atoms with E-state index in [4.69, 9.17) is 11.6 Å². The summed E-state index contributed by atoms with van der Waals surface area (Å²) < 4.78 is 4.66. The number of benzene rings is 1. The molecule has 0 aliphatic carbocycles. The highest BCUT2D eigenvalue weighted by atomic mass is 35.5. The minimum absolute atomic E-state index is 0.158. The summed E-state index contributed by atoms with van der Waals surface area (Å²) in [7, 11) is 3.13. The van der Waals surface area contributed by atoms with Gasteiger partial charge in [-0.25, -0.2) is 0 Å². The number of ether oxygens (including phenoxy) is 1. The second-order valence-corrected chi connectivity index (χ2v) is 5.54. The number of aryl methyl sites for hydroxylation is 1. The van der Waals surface area contributed by atoms with Gasteiger partial charge in [-0.3, -0.25) is 14.5 Å². The predicted octanol–water partition coefficient (Wildman–Crippen LogP) is 2.33. The van der Waals surface area contributed by atoms with E-state index in [-0.39, 0.29) is 24.3 Å². The van der Waals surface area contributed by atoms with Crippen LogP contribution in [0.3, 0.4) is 0 Å². The third-order valence-corrected chi connectivity index (χ3v) is 3.47. The Morgan fingerprint density at radius 2 is 2.10 bits per heavy atom. The van der Waals surface area contributed by atoms with Gasteiger partial charge >= 0.3 is 5.97 Å². The van der Waals surface area contributed by atoms with Crippen molar-refractivity contribution in [2.45, 2.75) is 13.8 Å². The van der Waals surface area contributed by atoms with Crippen molar-refractivity contribution in [1.29, 1.82) is 0 Å². The number of amides is 1. The molecule has 1 atom stereocenters. The first-order valence-corrected chi connectivity index (χ1v) is 7.03. The van der Waals surface area contributed by atoms with Crippen LogP contribution in [-0.4, -0.2) is 44.0 Å².